The first-order valence-corrected chi connectivity index (χ1v) is 11.4. The summed E-state index contributed by atoms with van der Waals surface area (Å²) in [5.74, 6) is 1.01. The Kier molecular flexibility index (Phi) is 3.20. The quantitative estimate of drug-likeness (QED) is 0.380. The summed E-state index contributed by atoms with van der Waals surface area (Å²) in [5, 5.41) is 5.83. The number of fused-ring (bicyclic) bond motifs is 10. The van der Waals surface area contributed by atoms with Crippen LogP contribution in [0.25, 0.3) is 22.3 Å². The summed E-state index contributed by atoms with van der Waals surface area (Å²) in [6.07, 6.45) is 0. The van der Waals surface area contributed by atoms with Gasteiger partial charge in [-0.3, -0.25) is 0 Å². The highest BCUT2D eigenvalue weighted by molar-refractivity contribution is 8.03. The molecule has 0 fully saturated rings. The van der Waals surface area contributed by atoms with Gasteiger partial charge in [-0.25, -0.2) is 0 Å². The van der Waals surface area contributed by atoms with Crippen molar-refractivity contribution in [3.8, 4) is 28.0 Å². The van der Waals surface area contributed by atoms with E-state index >= 15 is 0 Å². The molecule has 0 N–H and O–H groups in total. The Labute approximate surface area is 166 Å². The topological polar surface area (TPSA) is 9.23 Å². The minimum atomic E-state index is -1.97. The van der Waals surface area contributed by atoms with E-state index < -0.39 is 7.26 Å². The first kappa shape index (κ1) is 16.1. The highest BCUT2D eigenvalue weighted by atomic mass is 31.2. The van der Waals surface area contributed by atoms with E-state index in [1.165, 1.54) is 49.0 Å². The van der Waals surface area contributed by atoms with Crippen LogP contribution in [0.5, 0.6) is 5.75 Å². The zero-order chi connectivity index (χ0) is 18.9. The molecule has 1 nitrogen and oxygen atoms in total. The molecule has 4 aromatic carbocycles. The third-order valence-corrected chi connectivity index (χ3v) is 10.9. The Bertz CT molecular complexity index is 1260. The molecule has 0 bridgehead atoms. The van der Waals surface area contributed by atoms with Gasteiger partial charge in [-0.2, -0.15) is 0 Å². The molecule has 134 valence electrons. The Hall–Kier alpha value is -2.89. The molecule has 0 radical (unpaired) electrons. The van der Waals surface area contributed by atoms with Gasteiger partial charge in [-0.1, -0.05) is 60.7 Å². The zero-order valence-corrected chi connectivity index (χ0v) is 16.8. The predicted molar refractivity (Wildman–Crippen MR) is 121 cm³/mol. The molecule has 0 amide bonds. The predicted octanol–water partition coefficient (Wildman–Crippen LogP) is 4.58. The molecular weight excluding hydrogens is 359 g/mol. The molecule has 0 saturated heterocycles. The molecule has 0 saturated carbocycles. The van der Waals surface area contributed by atoms with Crippen LogP contribution < -0.4 is 26.0 Å². The van der Waals surface area contributed by atoms with Crippen molar-refractivity contribution >= 4 is 28.5 Å². The van der Waals surface area contributed by atoms with Gasteiger partial charge in [0.05, 0.1) is 7.11 Å². The molecule has 1 unspecified atom stereocenters. The van der Waals surface area contributed by atoms with Crippen LogP contribution in [0.3, 0.4) is 0 Å². The number of aryl methyl sites for hydroxylation is 1. The van der Waals surface area contributed by atoms with Crippen LogP contribution in [-0.2, 0) is 0 Å². The lowest BCUT2D eigenvalue weighted by Crippen LogP contribution is -2.34. The summed E-state index contributed by atoms with van der Waals surface area (Å²) in [5.41, 5.74) is 6.82. The number of rotatable bonds is 1. The van der Waals surface area contributed by atoms with E-state index in [0.717, 1.165) is 5.75 Å². The Morgan fingerprint density at radius 2 is 1.11 bits per heavy atom. The van der Waals surface area contributed by atoms with Crippen LogP contribution in [0.4, 0.5) is 0 Å². The van der Waals surface area contributed by atoms with Crippen molar-refractivity contribution < 1.29 is 4.74 Å². The molecule has 0 aromatic heterocycles. The minimum absolute atomic E-state index is 1.01. The number of hydrogen-bond acceptors (Lipinski definition) is 1. The van der Waals surface area contributed by atoms with Crippen molar-refractivity contribution in [1.82, 2.24) is 0 Å². The molecule has 0 aliphatic carbocycles. The average Bonchev–Trinajstić information content (AvgIpc) is 3.22. The summed E-state index contributed by atoms with van der Waals surface area (Å²) in [6, 6.07) is 31.2. The van der Waals surface area contributed by atoms with Crippen LogP contribution in [0.1, 0.15) is 5.56 Å². The maximum absolute atomic E-state index is 5.97. The van der Waals surface area contributed by atoms with Gasteiger partial charge >= 0.3 is 0 Å². The molecule has 4 aromatic rings. The summed E-state index contributed by atoms with van der Waals surface area (Å²) < 4.78 is 5.97. The van der Waals surface area contributed by atoms with Crippen molar-refractivity contribution in [1.29, 1.82) is 0 Å². The molecule has 2 heterocycles. The fourth-order valence-corrected chi connectivity index (χ4v) is 10.7. The van der Waals surface area contributed by atoms with Crippen LogP contribution in [0.2, 0.25) is 0 Å². The van der Waals surface area contributed by atoms with Crippen molar-refractivity contribution in [2.45, 2.75) is 6.92 Å². The van der Waals surface area contributed by atoms with E-state index in [-0.39, 0.29) is 0 Å². The van der Waals surface area contributed by atoms with E-state index in [0.29, 0.717) is 0 Å². The smallest absolute Gasteiger partial charge is 0.162 e. The van der Waals surface area contributed by atoms with Gasteiger partial charge in [-0.05, 0) is 36.8 Å². The standard InChI is InChI=1S/C26H20OP/c1-17-9-7-12-20-18-10-3-5-15-23(18)28(25(17)20)24-16-6-4-11-19(24)21-13-8-14-22(27-2)26(21)28/h3-16H,1-2H3/q+1. The molecule has 2 aliphatic rings. The lowest BCUT2D eigenvalue weighted by molar-refractivity contribution is 0.418. The van der Waals surface area contributed by atoms with Gasteiger partial charge in [-0.15, -0.1) is 0 Å². The minimum Gasteiger partial charge on any atom is -0.493 e. The Balaban J connectivity index is 1.91. The van der Waals surface area contributed by atoms with Gasteiger partial charge < -0.3 is 4.74 Å². The monoisotopic (exact) mass is 379 g/mol. The molecular formula is C26H20OP+. The number of ether oxygens (including phenoxy) is 1. The Morgan fingerprint density at radius 3 is 1.75 bits per heavy atom. The van der Waals surface area contributed by atoms with Crippen molar-refractivity contribution in [3.63, 3.8) is 0 Å². The van der Waals surface area contributed by atoms with Gasteiger partial charge in [0.15, 0.2) is 18.3 Å². The molecule has 28 heavy (non-hydrogen) atoms. The van der Waals surface area contributed by atoms with E-state index in [1.807, 2.05) is 0 Å². The molecule has 2 heteroatoms. The highest BCUT2D eigenvalue weighted by Crippen LogP contribution is 2.68. The van der Waals surface area contributed by atoms with E-state index in [1.54, 1.807) is 7.11 Å². The van der Waals surface area contributed by atoms with Crippen LogP contribution >= 0.6 is 7.26 Å². The zero-order valence-electron chi connectivity index (χ0n) is 15.9. The van der Waals surface area contributed by atoms with Crippen molar-refractivity contribution in [2.24, 2.45) is 0 Å². The second-order valence-corrected chi connectivity index (χ2v) is 10.7. The molecule has 1 spiro atoms. The highest BCUT2D eigenvalue weighted by Gasteiger charge is 2.62. The summed E-state index contributed by atoms with van der Waals surface area (Å²) in [7, 11) is -0.173. The van der Waals surface area contributed by atoms with Crippen LogP contribution in [-0.4, -0.2) is 7.11 Å². The number of hydrogen-bond donors (Lipinski definition) is 0. The average molecular weight is 379 g/mol. The maximum Gasteiger partial charge on any atom is 0.162 e. The normalized spacial score (nSPS) is 17.8. The fourth-order valence-electron chi connectivity index (χ4n) is 5.28. The van der Waals surface area contributed by atoms with Crippen LogP contribution in [0, 0.1) is 6.92 Å². The third-order valence-electron chi connectivity index (χ3n) is 6.24. The summed E-state index contributed by atoms with van der Waals surface area (Å²) >= 11 is 0. The van der Waals surface area contributed by atoms with Gasteiger partial charge in [0.2, 0.25) is 0 Å². The maximum atomic E-state index is 5.97. The lowest BCUT2D eigenvalue weighted by Gasteiger charge is -2.23. The fraction of sp³-hybridized carbons (Fsp3) is 0.0769. The lowest BCUT2D eigenvalue weighted by atomic mass is 10.0. The van der Waals surface area contributed by atoms with Gasteiger partial charge in [0, 0.05) is 22.3 Å². The van der Waals surface area contributed by atoms with E-state index in [2.05, 4.69) is 91.9 Å². The van der Waals surface area contributed by atoms with Crippen LogP contribution in [0.15, 0.2) is 84.9 Å². The largest absolute Gasteiger partial charge is 0.493 e. The molecule has 2 aliphatic heterocycles. The van der Waals surface area contributed by atoms with Gasteiger partial charge in [0.1, 0.15) is 15.9 Å². The summed E-state index contributed by atoms with van der Waals surface area (Å²) in [6.45, 7) is 2.27. The van der Waals surface area contributed by atoms with E-state index in [9.17, 15) is 0 Å². The molecule has 1 atom stereocenters. The van der Waals surface area contributed by atoms with Crippen molar-refractivity contribution in [3.05, 3.63) is 90.5 Å². The number of benzene rings is 4. The second kappa shape index (κ2) is 5.56. The first-order valence-electron chi connectivity index (χ1n) is 9.65. The SMILES string of the molecule is COc1cccc2c1[P+]1(c3ccccc3-c3cccc(C)c31)c1ccccc1-2. The Morgan fingerprint density at radius 1 is 0.571 bits per heavy atom. The van der Waals surface area contributed by atoms with Gasteiger partial charge in [0.25, 0.3) is 0 Å². The van der Waals surface area contributed by atoms with Crippen molar-refractivity contribution in [2.75, 3.05) is 7.11 Å². The molecule has 6 rings (SSSR count). The summed E-state index contributed by atoms with van der Waals surface area (Å²) in [4.78, 5) is 0. The first-order chi connectivity index (χ1) is 13.8. The van der Waals surface area contributed by atoms with E-state index in [4.69, 9.17) is 4.74 Å². The third kappa shape index (κ3) is 1.72. The second-order valence-electron chi connectivity index (χ2n) is 7.53. The number of methoxy groups -OCH3 is 1.